The van der Waals surface area contributed by atoms with E-state index in [1.54, 1.807) is 24.6 Å². The summed E-state index contributed by atoms with van der Waals surface area (Å²) in [7, 11) is 0. The Balaban J connectivity index is 1.63. The Hall–Kier alpha value is -3.69. The normalized spacial score (nSPS) is 10.9. The number of aryl methyl sites for hydroxylation is 1. The van der Waals surface area contributed by atoms with Crippen LogP contribution in [0.5, 0.6) is 5.75 Å². The number of nitrogens with zero attached hydrogens (tertiary/aromatic N) is 2. The average Bonchev–Trinajstić information content (AvgIpc) is 3.42. The third-order valence-electron chi connectivity index (χ3n) is 5.23. The predicted molar refractivity (Wildman–Crippen MR) is 136 cm³/mol. The molecule has 0 spiro atoms. The Bertz CT molecular complexity index is 1420. The fourth-order valence-electron chi connectivity index (χ4n) is 3.59. The number of thiophene rings is 1. The Morgan fingerprint density at radius 2 is 1.58 bits per heavy atom. The van der Waals surface area contributed by atoms with E-state index in [1.807, 2.05) is 31.2 Å². The summed E-state index contributed by atoms with van der Waals surface area (Å²) in [6.07, 6.45) is 0. The topological polar surface area (TPSA) is 96.7 Å². The molecule has 0 amide bonds. The summed E-state index contributed by atoms with van der Waals surface area (Å²) >= 11 is 7.54. The number of benzene rings is 2. The van der Waals surface area contributed by atoms with Gasteiger partial charge in [0.2, 0.25) is 0 Å². The summed E-state index contributed by atoms with van der Waals surface area (Å²) in [5, 5.41) is 6.04. The second kappa shape index (κ2) is 10.9. The minimum absolute atomic E-state index is 0.0282. The van der Waals surface area contributed by atoms with Gasteiger partial charge in [0.15, 0.2) is 0 Å². The van der Waals surface area contributed by atoms with Crippen molar-refractivity contribution in [3.05, 3.63) is 80.8 Å². The van der Waals surface area contributed by atoms with Gasteiger partial charge < -0.3 is 14.2 Å². The standard InChI is InChI=1S/C26H23ClN2O6S/c1-4-33-24(30)17-10-18(25(31)34-5-2)12-19(11-17)35-26(32)22-13-20-15(3)28-29(23(20)36-22)14-16-8-6-7-9-21(16)27/h6-13H,4-5,14H2,1-3H3. The first kappa shape index (κ1) is 25.4. The van der Waals surface area contributed by atoms with Crippen molar-refractivity contribution in [2.45, 2.75) is 27.3 Å². The second-order valence-electron chi connectivity index (χ2n) is 7.74. The van der Waals surface area contributed by atoms with E-state index >= 15 is 0 Å². The zero-order valence-electron chi connectivity index (χ0n) is 19.9. The number of aromatic nitrogens is 2. The van der Waals surface area contributed by atoms with Gasteiger partial charge in [-0.05, 0) is 56.7 Å². The maximum atomic E-state index is 13.0. The SMILES string of the molecule is CCOC(=O)c1cc(OC(=O)c2cc3c(C)nn(Cc4ccccc4Cl)c3s2)cc(C(=O)OCC)c1. The Kier molecular flexibility index (Phi) is 7.71. The largest absolute Gasteiger partial charge is 0.462 e. The number of hydrogen-bond acceptors (Lipinski definition) is 8. The molecule has 36 heavy (non-hydrogen) atoms. The predicted octanol–water partition coefficient (Wildman–Crippen LogP) is 5.68. The molecule has 2 heterocycles. The van der Waals surface area contributed by atoms with Gasteiger partial charge in [-0.3, -0.25) is 4.68 Å². The molecule has 0 radical (unpaired) electrons. The molecule has 0 saturated carbocycles. The van der Waals surface area contributed by atoms with E-state index in [2.05, 4.69) is 5.10 Å². The lowest BCUT2D eigenvalue weighted by molar-refractivity contribution is 0.0521. The fraction of sp³-hybridized carbons (Fsp3) is 0.231. The minimum atomic E-state index is -0.641. The smallest absolute Gasteiger partial charge is 0.353 e. The zero-order chi connectivity index (χ0) is 25.8. The Labute approximate surface area is 216 Å². The first-order chi connectivity index (χ1) is 17.3. The van der Waals surface area contributed by atoms with Crippen LogP contribution in [0.2, 0.25) is 5.02 Å². The van der Waals surface area contributed by atoms with Crippen LogP contribution in [0.3, 0.4) is 0 Å². The van der Waals surface area contributed by atoms with Crippen LogP contribution >= 0.6 is 22.9 Å². The fourth-order valence-corrected chi connectivity index (χ4v) is 4.82. The minimum Gasteiger partial charge on any atom is -0.462 e. The number of carbonyl (C=O) groups is 3. The summed E-state index contributed by atoms with van der Waals surface area (Å²) in [5.74, 6) is -1.88. The van der Waals surface area contributed by atoms with E-state index < -0.39 is 17.9 Å². The highest BCUT2D eigenvalue weighted by Crippen LogP contribution is 2.31. The molecule has 0 unspecified atom stereocenters. The molecule has 0 aliphatic rings. The quantitative estimate of drug-likeness (QED) is 0.215. The van der Waals surface area contributed by atoms with Crippen LogP contribution in [0.4, 0.5) is 0 Å². The molecule has 0 atom stereocenters. The van der Waals surface area contributed by atoms with Crippen molar-refractivity contribution < 1.29 is 28.6 Å². The van der Waals surface area contributed by atoms with Crippen LogP contribution < -0.4 is 4.74 Å². The average molecular weight is 527 g/mol. The third kappa shape index (κ3) is 5.42. The number of rotatable bonds is 8. The molecule has 0 fully saturated rings. The summed E-state index contributed by atoms with van der Waals surface area (Å²) in [4.78, 5) is 38.7. The molecular weight excluding hydrogens is 504 g/mol. The summed E-state index contributed by atoms with van der Waals surface area (Å²) in [6.45, 7) is 5.97. The van der Waals surface area contributed by atoms with Crippen molar-refractivity contribution in [3.63, 3.8) is 0 Å². The molecule has 10 heteroatoms. The molecule has 2 aromatic carbocycles. The zero-order valence-corrected chi connectivity index (χ0v) is 21.4. The number of hydrogen-bond donors (Lipinski definition) is 0. The molecule has 0 aliphatic carbocycles. The molecule has 4 rings (SSSR count). The van der Waals surface area contributed by atoms with Crippen molar-refractivity contribution in [1.29, 1.82) is 0 Å². The van der Waals surface area contributed by atoms with E-state index in [9.17, 15) is 14.4 Å². The van der Waals surface area contributed by atoms with Gasteiger partial charge in [0.1, 0.15) is 15.5 Å². The van der Waals surface area contributed by atoms with Gasteiger partial charge in [0.05, 0.1) is 36.6 Å². The van der Waals surface area contributed by atoms with Gasteiger partial charge in [0.25, 0.3) is 0 Å². The third-order valence-corrected chi connectivity index (χ3v) is 6.72. The van der Waals surface area contributed by atoms with E-state index in [0.29, 0.717) is 16.4 Å². The molecule has 0 aliphatic heterocycles. The van der Waals surface area contributed by atoms with Crippen molar-refractivity contribution in [1.82, 2.24) is 9.78 Å². The summed E-state index contributed by atoms with van der Waals surface area (Å²) in [5.41, 5.74) is 1.82. The first-order valence-corrected chi connectivity index (χ1v) is 12.4. The van der Waals surface area contributed by atoms with Gasteiger partial charge in [-0.1, -0.05) is 29.8 Å². The van der Waals surface area contributed by atoms with Crippen molar-refractivity contribution in [3.8, 4) is 5.75 Å². The van der Waals surface area contributed by atoms with E-state index in [-0.39, 0.29) is 30.1 Å². The molecule has 4 aromatic rings. The summed E-state index contributed by atoms with van der Waals surface area (Å²) < 4.78 is 17.4. The van der Waals surface area contributed by atoms with Gasteiger partial charge in [-0.15, -0.1) is 11.3 Å². The van der Waals surface area contributed by atoms with Crippen molar-refractivity contribution >= 4 is 51.1 Å². The van der Waals surface area contributed by atoms with Gasteiger partial charge in [-0.2, -0.15) is 5.10 Å². The number of halogens is 1. The highest BCUT2D eigenvalue weighted by Gasteiger charge is 2.21. The van der Waals surface area contributed by atoms with Gasteiger partial charge in [-0.25, -0.2) is 14.4 Å². The maximum Gasteiger partial charge on any atom is 0.353 e. The van der Waals surface area contributed by atoms with Gasteiger partial charge in [0, 0.05) is 10.4 Å². The van der Waals surface area contributed by atoms with E-state index in [1.165, 1.54) is 29.5 Å². The lowest BCUT2D eigenvalue weighted by Crippen LogP contribution is -2.12. The molecule has 0 N–H and O–H groups in total. The molecule has 0 saturated heterocycles. The molecule has 2 aromatic heterocycles. The molecule has 186 valence electrons. The number of fused-ring (bicyclic) bond motifs is 1. The number of ether oxygens (including phenoxy) is 3. The van der Waals surface area contributed by atoms with Gasteiger partial charge >= 0.3 is 17.9 Å². The van der Waals surface area contributed by atoms with Crippen LogP contribution in [-0.4, -0.2) is 40.9 Å². The van der Waals surface area contributed by atoms with Crippen LogP contribution in [0.15, 0.2) is 48.5 Å². The lowest BCUT2D eigenvalue weighted by atomic mass is 10.1. The van der Waals surface area contributed by atoms with Crippen molar-refractivity contribution in [2.24, 2.45) is 0 Å². The molecule has 8 nitrogen and oxygen atoms in total. The van der Waals surface area contributed by atoms with Crippen LogP contribution in [0.1, 0.15) is 55.5 Å². The Morgan fingerprint density at radius 3 is 2.19 bits per heavy atom. The van der Waals surface area contributed by atoms with Crippen LogP contribution in [-0.2, 0) is 16.0 Å². The van der Waals surface area contributed by atoms with Crippen molar-refractivity contribution in [2.75, 3.05) is 13.2 Å². The number of esters is 3. The monoisotopic (exact) mass is 526 g/mol. The molecule has 0 bridgehead atoms. The highest BCUT2D eigenvalue weighted by atomic mass is 35.5. The lowest BCUT2D eigenvalue weighted by Gasteiger charge is -2.09. The highest BCUT2D eigenvalue weighted by molar-refractivity contribution is 7.20. The molecular formula is C26H23ClN2O6S. The first-order valence-electron chi connectivity index (χ1n) is 11.2. The second-order valence-corrected chi connectivity index (χ2v) is 9.18. The maximum absolute atomic E-state index is 13.0. The van der Waals surface area contributed by atoms with Crippen LogP contribution in [0.25, 0.3) is 10.2 Å². The van der Waals surface area contributed by atoms with E-state index in [4.69, 9.17) is 25.8 Å². The number of carbonyl (C=O) groups excluding carboxylic acids is 3. The summed E-state index contributed by atoms with van der Waals surface area (Å²) in [6, 6.07) is 13.3. The van der Waals surface area contributed by atoms with Crippen LogP contribution in [0, 0.1) is 6.92 Å². The Morgan fingerprint density at radius 1 is 0.944 bits per heavy atom. The van der Waals surface area contributed by atoms with E-state index in [0.717, 1.165) is 21.5 Å².